The van der Waals surface area contributed by atoms with E-state index < -0.39 is 0 Å². The van der Waals surface area contributed by atoms with Gasteiger partial charge in [0.25, 0.3) is 5.91 Å². The minimum atomic E-state index is -0.360. The van der Waals surface area contributed by atoms with E-state index in [0.717, 1.165) is 10.2 Å². The molecule has 0 atom stereocenters. The number of halogens is 1. The summed E-state index contributed by atoms with van der Waals surface area (Å²) in [6.45, 7) is 0. The Kier molecular flexibility index (Phi) is 2.77. The molecule has 0 unspecified atom stereocenters. The smallest absolute Gasteiger partial charge is 0.293 e. The second kappa shape index (κ2) is 4.44. The molecule has 0 fully saturated rings. The van der Waals surface area contributed by atoms with Gasteiger partial charge in [-0.1, -0.05) is 23.5 Å². The average molecular weight is 279 g/mol. The third-order valence-electron chi connectivity index (χ3n) is 2.31. The largest absolute Gasteiger partial charge is 0.440 e. The predicted molar refractivity (Wildman–Crippen MR) is 71.3 cm³/mol. The van der Waals surface area contributed by atoms with Gasteiger partial charge >= 0.3 is 0 Å². The number of hydrogen-bond acceptors (Lipinski definition) is 4. The molecule has 18 heavy (non-hydrogen) atoms. The van der Waals surface area contributed by atoms with Gasteiger partial charge in [-0.05, 0) is 35.9 Å². The van der Waals surface area contributed by atoms with Crippen molar-refractivity contribution in [2.24, 2.45) is 0 Å². The lowest BCUT2D eigenvalue weighted by Crippen LogP contribution is -2.10. The topological polar surface area (TPSA) is 55.1 Å². The molecule has 2 aromatic heterocycles. The summed E-state index contributed by atoms with van der Waals surface area (Å²) in [7, 11) is 0. The summed E-state index contributed by atoms with van der Waals surface area (Å²) in [6, 6.07) is 10.7. The van der Waals surface area contributed by atoms with E-state index in [2.05, 4.69) is 10.3 Å². The second-order valence-corrected chi connectivity index (χ2v) is 4.95. The van der Waals surface area contributed by atoms with Crippen molar-refractivity contribution in [3.63, 3.8) is 0 Å². The Morgan fingerprint density at radius 1 is 1.28 bits per heavy atom. The highest BCUT2D eigenvalue weighted by Gasteiger charge is 2.13. The minimum absolute atomic E-state index is 0.166. The predicted octanol–water partition coefficient (Wildman–Crippen LogP) is 3.80. The zero-order chi connectivity index (χ0) is 12.5. The first-order valence-corrected chi connectivity index (χ1v) is 6.34. The highest BCUT2D eigenvalue weighted by molar-refractivity contribution is 7.22. The number of aromatic nitrogens is 1. The van der Waals surface area contributed by atoms with Crippen LogP contribution < -0.4 is 5.32 Å². The lowest BCUT2D eigenvalue weighted by Gasteiger charge is -1.96. The molecule has 2 heterocycles. The van der Waals surface area contributed by atoms with Crippen LogP contribution in [0.2, 0.25) is 5.22 Å². The monoisotopic (exact) mass is 278 g/mol. The molecule has 0 saturated heterocycles. The van der Waals surface area contributed by atoms with E-state index in [1.165, 1.54) is 23.5 Å². The molecular formula is C12H7ClN2O2S. The number of para-hydroxylation sites is 1. The number of fused-ring (bicyclic) bond motifs is 1. The summed E-state index contributed by atoms with van der Waals surface area (Å²) < 4.78 is 6.04. The highest BCUT2D eigenvalue weighted by Crippen LogP contribution is 2.26. The van der Waals surface area contributed by atoms with Gasteiger partial charge in [0.15, 0.2) is 16.1 Å². The van der Waals surface area contributed by atoms with Crippen molar-refractivity contribution in [3.05, 3.63) is 47.4 Å². The van der Waals surface area contributed by atoms with E-state index in [0.29, 0.717) is 5.13 Å². The van der Waals surface area contributed by atoms with Gasteiger partial charge in [-0.2, -0.15) is 0 Å². The highest BCUT2D eigenvalue weighted by atomic mass is 35.5. The molecule has 3 aromatic rings. The SMILES string of the molecule is O=C(Nc1nc2ccccc2s1)c1ccc(Cl)o1. The zero-order valence-electron chi connectivity index (χ0n) is 9.01. The fourth-order valence-electron chi connectivity index (χ4n) is 1.52. The fourth-order valence-corrected chi connectivity index (χ4v) is 2.53. The van der Waals surface area contributed by atoms with Gasteiger partial charge in [0.05, 0.1) is 10.2 Å². The van der Waals surface area contributed by atoms with Gasteiger partial charge in [-0.15, -0.1) is 0 Å². The molecule has 6 heteroatoms. The molecule has 0 spiro atoms. The number of nitrogens with zero attached hydrogens (tertiary/aromatic N) is 1. The Labute approximate surface area is 111 Å². The van der Waals surface area contributed by atoms with E-state index in [1.807, 2.05) is 24.3 Å². The number of rotatable bonds is 2. The molecule has 1 amide bonds. The first-order valence-electron chi connectivity index (χ1n) is 5.14. The standard InChI is InChI=1S/C12H7ClN2O2S/c13-10-6-5-8(17-10)11(16)15-12-14-7-3-1-2-4-9(7)18-12/h1-6H,(H,14,15,16). The number of amides is 1. The van der Waals surface area contributed by atoms with Gasteiger partial charge in [0, 0.05) is 0 Å². The number of anilines is 1. The van der Waals surface area contributed by atoms with Crippen LogP contribution in [0.15, 0.2) is 40.8 Å². The molecule has 0 radical (unpaired) electrons. The first kappa shape index (κ1) is 11.3. The van der Waals surface area contributed by atoms with Gasteiger partial charge in [0.2, 0.25) is 0 Å². The number of nitrogens with one attached hydrogen (secondary N) is 1. The number of thiazole rings is 1. The maximum Gasteiger partial charge on any atom is 0.293 e. The second-order valence-electron chi connectivity index (χ2n) is 3.54. The maximum atomic E-state index is 11.8. The molecule has 90 valence electrons. The maximum absolute atomic E-state index is 11.8. The number of carbonyl (C=O) groups excluding carboxylic acids is 1. The summed E-state index contributed by atoms with van der Waals surface area (Å²) >= 11 is 7.02. The number of carbonyl (C=O) groups is 1. The van der Waals surface area contributed by atoms with Crippen LogP contribution in [0.5, 0.6) is 0 Å². The van der Waals surface area contributed by atoms with Crippen LogP contribution in [-0.4, -0.2) is 10.9 Å². The van der Waals surface area contributed by atoms with Crippen molar-refractivity contribution in [2.75, 3.05) is 5.32 Å². The molecule has 0 aliphatic heterocycles. The number of furan rings is 1. The summed E-state index contributed by atoms with van der Waals surface area (Å²) in [5.41, 5.74) is 0.857. The molecule has 0 saturated carbocycles. The molecule has 3 rings (SSSR count). The van der Waals surface area contributed by atoms with Gasteiger partial charge in [-0.25, -0.2) is 4.98 Å². The van der Waals surface area contributed by atoms with Gasteiger partial charge in [0.1, 0.15) is 0 Å². The van der Waals surface area contributed by atoms with E-state index in [-0.39, 0.29) is 16.9 Å². The summed E-state index contributed by atoms with van der Waals surface area (Å²) in [5.74, 6) is -0.194. The number of hydrogen-bond donors (Lipinski definition) is 1. The van der Waals surface area contributed by atoms with Crippen molar-refractivity contribution < 1.29 is 9.21 Å². The number of benzene rings is 1. The summed E-state index contributed by atoms with van der Waals surface area (Å²) in [4.78, 5) is 16.1. The Morgan fingerprint density at radius 2 is 2.11 bits per heavy atom. The van der Waals surface area contributed by atoms with Crippen LogP contribution in [0.3, 0.4) is 0 Å². The minimum Gasteiger partial charge on any atom is -0.440 e. The Hall–Kier alpha value is -1.85. The van der Waals surface area contributed by atoms with E-state index in [9.17, 15) is 4.79 Å². The third-order valence-corrected chi connectivity index (χ3v) is 3.47. The third kappa shape index (κ3) is 2.10. The Balaban J connectivity index is 1.86. The van der Waals surface area contributed by atoms with E-state index >= 15 is 0 Å². The van der Waals surface area contributed by atoms with Crippen LogP contribution in [0.4, 0.5) is 5.13 Å². The van der Waals surface area contributed by atoms with Crippen molar-refractivity contribution in [1.82, 2.24) is 4.98 Å². The van der Waals surface area contributed by atoms with E-state index in [4.69, 9.17) is 16.0 Å². The Bertz CT molecular complexity index is 687. The van der Waals surface area contributed by atoms with Crippen molar-refractivity contribution in [2.45, 2.75) is 0 Å². The van der Waals surface area contributed by atoms with Gasteiger partial charge < -0.3 is 4.42 Å². The fraction of sp³-hybridized carbons (Fsp3) is 0. The molecule has 0 bridgehead atoms. The zero-order valence-corrected chi connectivity index (χ0v) is 10.6. The molecule has 0 aliphatic carbocycles. The summed E-state index contributed by atoms with van der Waals surface area (Å²) in [6.07, 6.45) is 0. The van der Waals surface area contributed by atoms with Crippen molar-refractivity contribution in [3.8, 4) is 0 Å². The first-order chi connectivity index (χ1) is 8.72. The Morgan fingerprint density at radius 3 is 2.83 bits per heavy atom. The van der Waals surface area contributed by atoms with Crippen molar-refractivity contribution >= 4 is 44.2 Å². The average Bonchev–Trinajstić information content (AvgIpc) is 2.94. The molecule has 1 N–H and O–H groups in total. The molecule has 1 aromatic carbocycles. The van der Waals surface area contributed by atoms with Crippen LogP contribution in [0.1, 0.15) is 10.6 Å². The van der Waals surface area contributed by atoms with Gasteiger partial charge in [-0.3, -0.25) is 10.1 Å². The lowest BCUT2D eigenvalue weighted by atomic mass is 10.3. The van der Waals surface area contributed by atoms with Crippen LogP contribution in [0, 0.1) is 0 Å². The van der Waals surface area contributed by atoms with Crippen LogP contribution >= 0.6 is 22.9 Å². The molecule has 0 aliphatic rings. The van der Waals surface area contributed by atoms with Crippen LogP contribution in [-0.2, 0) is 0 Å². The van der Waals surface area contributed by atoms with Crippen LogP contribution in [0.25, 0.3) is 10.2 Å². The van der Waals surface area contributed by atoms with E-state index in [1.54, 1.807) is 0 Å². The lowest BCUT2D eigenvalue weighted by molar-refractivity contribution is 0.0997. The summed E-state index contributed by atoms with van der Waals surface area (Å²) in [5, 5.41) is 3.40. The quantitative estimate of drug-likeness (QED) is 0.776. The molecule has 4 nitrogen and oxygen atoms in total. The normalized spacial score (nSPS) is 10.7. The van der Waals surface area contributed by atoms with Crippen molar-refractivity contribution in [1.29, 1.82) is 0 Å². The molecular weight excluding hydrogens is 272 g/mol.